The van der Waals surface area contributed by atoms with Gasteiger partial charge in [-0.25, -0.2) is 12.8 Å². The second kappa shape index (κ2) is 4.05. The van der Waals surface area contributed by atoms with Gasteiger partial charge in [0, 0.05) is 5.75 Å². The maximum absolute atomic E-state index is 12.7. The van der Waals surface area contributed by atoms with Gasteiger partial charge < -0.3 is 0 Å². The lowest BCUT2D eigenvalue weighted by molar-refractivity contribution is 0.576. The molecule has 0 aliphatic heterocycles. The minimum absolute atomic E-state index is 0.0568. The summed E-state index contributed by atoms with van der Waals surface area (Å²) < 4.78 is 35.1. The van der Waals surface area contributed by atoms with E-state index in [0.29, 0.717) is 6.42 Å². The maximum Gasteiger partial charge on any atom is 0.150 e. The van der Waals surface area contributed by atoms with Crippen LogP contribution in [0.2, 0.25) is 0 Å². The Kier molecular flexibility index (Phi) is 3.25. The molecule has 74 valence electrons. The summed E-state index contributed by atoms with van der Waals surface area (Å²) >= 11 is 0. The van der Waals surface area contributed by atoms with Crippen molar-refractivity contribution in [2.75, 3.05) is 11.5 Å². The van der Waals surface area contributed by atoms with Crippen LogP contribution in [0.3, 0.4) is 0 Å². The fourth-order valence-electron chi connectivity index (χ4n) is 1.26. The summed E-state index contributed by atoms with van der Waals surface area (Å²) in [6.07, 6.45) is 5.04. The van der Waals surface area contributed by atoms with Gasteiger partial charge in [-0.15, -0.1) is 0 Å². The van der Waals surface area contributed by atoms with Gasteiger partial charge in [0.15, 0.2) is 9.84 Å². The van der Waals surface area contributed by atoms with E-state index in [2.05, 4.69) is 0 Å². The topological polar surface area (TPSA) is 34.1 Å². The first-order valence-corrected chi connectivity index (χ1v) is 6.10. The van der Waals surface area contributed by atoms with Gasteiger partial charge >= 0.3 is 0 Å². The SMILES string of the molecule is CCS(=O)(=O)CC1C=C(F)C=CC1. The van der Waals surface area contributed by atoms with Gasteiger partial charge in [0.1, 0.15) is 5.83 Å². The molecule has 1 unspecified atom stereocenters. The zero-order valence-corrected chi connectivity index (χ0v) is 8.35. The summed E-state index contributed by atoms with van der Waals surface area (Å²) in [6.45, 7) is 1.61. The molecule has 2 nitrogen and oxygen atoms in total. The smallest absolute Gasteiger partial charge is 0.150 e. The number of allylic oxidation sites excluding steroid dienone is 4. The highest BCUT2D eigenvalue weighted by molar-refractivity contribution is 7.91. The fraction of sp³-hybridized carbons (Fsp3) is 0.556. The number of hydrogen-bond acceptors (Lipinski definition) is 2. The molecule has 0 amide bonds. The van der Waals surface area contributed by atoms with Gasteiger partial charge in [-0.3, -0.25) is 0 Å². The summed E-state index contributed by atoms with van der Waals surface area (Å²) in [7, 11) is -2.99. The Morgan fingerprint density at radius 1 is 1.62 bits per heavy atom. The minimum atomic E-state index is -2.99. The standard InChI is InChI=1S/C9H13FO2S/c1-2-13(11,12)7-8-4-3-5-9(10)6-8/h3,5-6,8H,2,4,7H2,1H3. The molecule has 1 rings (SSSR count). The van der Waals surface area contributed by atoms with Crippen LogP contribution in [0, 0.1) is 5.92 Å². The average Bonchev–Trinajstić information content (AvgIpc) is 2.03. The van der Waals surface area contributed by atoms with Crippen molar-refractivity contribution in [1.82, 2.24) is 0 Å². The van der Waals surface area contributed by atoms with Gasteiger partial charge in [-0.2, -0.15) is 0 Å². The molecule has 1 atom stereocenters. The van der Waals surface area contributed by atoms with Crippen molar-refractivity contribution in [2.45, 2.75) is 13.3 Å². The molecule has 0 spiro atoms. The largest absolute Gasteiger partial charge is 0.229 e. The van der Waals surface area contributed by atoms with Crippen molar-refractivity contribution in [3.05, 3.63) is 24.1 Å². The summed E-state index contributed by atoms with van der Waals surface area (Å²) in [5.74, 6) is -0.332. The minimum Gasteiger partial charge on any atom is -0.229 e. The molecule has 0 radical (unpaired) electrons. The number of halogens is 1. The monoisotopic (exact) mass is 204 g/mol. The molecule has 0 aromatic carbocycles. The average molecular weight is 204 g/mol. The molecule has 0 bridgehead atoms. The zero-order chi connectivity index (χ0) is 9.90. The molecule has 0 N–H and O–H groups in total. The van der Waals surface area contributed by atoms with E-state index >= 15 is 0 Å². The molecule has 0 saturated heterocycles. The van der Waals surface area contributed by atoms with Crippen molar-refractivity contribution in [2.24, 2.45) is 5.92 Å². The molecule has 13 heavy (non-hydrogen) atoms. The van der Waals surface area contributed by atoms with Gasteiger partial charge in [-0.05, 0) is 24.5 Å². The number of sulfone groups is 1. The fourth-order valence-corrected chi connectivity index (χ4v) is 2.38. The first-order valence-electron chi connectivity index (χ1n) is 4.28. The predicted molar refractivity (Wildman–Crippen MR) is 50.8 cm³/mol. The molecule has 0 aromatic rings. The Labute approximate surface area is 78.1 Å². The summed E-state index contributed by atoms with van der Waals surface area (Å²) in [6, 6.07) is 0. The normalized spacial score (nSPS) is 22.9. The highest BCUT2D eigenvalue weighted by atomic mass is 32.2. The molecule has 1 aliphatic carbocycles. The van der Waals surface area contributed by atoms with Gasteiger partial charge in [-0.1, -0.05) is 13.0 Å². The van der Waals surface area contributed by atoms with Gasteiger partial charge in [0.25, 0.3) is 0 Å². The van der Waals surface area contributed by atoms with E-state index in [1.165, 1.54) is 12.2 Å². The summed E-state index contributed by atoms with van der Waals surface area (Å²) in [5, 5.41) is 0. The molecule has 1 aliphatic rings. The van der Waals surface area contributed by atoms with Crippen LogP contribution in [0.15, 0.2) is 24.1 Å². The quantitative estimate of drug-likeness (QED) is 0.703. The van der Waals surface area contributed by atoms with Crippen molar-refractivity contribution in [3.63, 3.8) is 0 Å². The predicted octanol–water partition coefficient (Wildman–Crippen LogP) is 1.85. The first-order chi connectivity index (χ1) is 6.03. The molecule has 0 heterocycles. The van der Waals surface area contributed by atoms with Crippen LogP contribution < -0.4 is 0 Å². The Bertz CT molecular complexity index is 328. The van der Waals surface area contributed by atoms with Crippen LogP contribution in [-0.2, 0) is 9.84 Å². The van der Waals surface area contributed by atoms with E-state index in [9.17, 15) is 12.8 Å². The van der Waals surface area contributed by atoms with Crippen molar-refractivity contribution < 1.29 is 12.8 Å². The van der Waals surface area contributed by atoms with Gasteiger partial charge in [0.05, 0.1) is 5.75 Å². The molecule has 4 heteroatoms. The van der Waals surface area contributed by atoms with Crippen LogP contribution in [0.4, 0.5) is 4.39 Å². The van der Waals surface area contributed by atoms with Crippen LogP contribution >= 0.6 is 0 Å². The van der Waals surface area contributed by atoms with E-state index in [-0.39, 0.29) is 23.3 Å². The highest BCUT2D eigenvalue weighted by Gasteiger charge is 2.17. The maximum atomic E-state index is 12.7. The molecule has 0 aromatic heterocycles. The van der Waals surface area contributed by atoms with E-state index in [1.807, 2.05) is 0 Å². The molecular formula is C9H13FO2S. The second-order valence-electron chi connectivity index (χ2n) is 3.15. The van der Waals surface area contributed by atoms with E-state index < -0.39 is 9.84 Å². The van der Waals surface area contributed by atoms with Crippen LogP contribution in [0.1, 0.15) is 13.3 Å². The van der Waals surface area contributed by atoms with Gasteiger partial charge in [0.2, 0.25) is 0 Å². The van der Waals surface area contributed by atoms with E-state index in [1.54, 1.807) is 13.0 Å². The Balaban J connectivity index is 2.62. The number of hydrogen-bond donors (Lipinski definition) is 0. The van der Waals surface area contributed by atoms with E-state index in [0.717, 1.165) is 0 Å². The van der Waals surface area contributed by atoms with Crippen LogP contribution in [0.5, 0.6) is 0 Å². The summed E-state index contributed by atoms with van der Waals surface area (Å²) in [4.78, 5) is 0. The second-order valence-corrected chi connectivity index (χ2v) is 5.55. The Hall–Kier alpha value is -0.640. The lowest BCUT2D eigenvalue weighted by Crippen LogP contribution is -2.17. The highest BCUT2D eigenvalue weighted by Crippen LogP contribution is 2.19. The molecule has 0 fully saturated rings. The van der Waals surface area contributed by atoms with Crippen molar-refractivity contribution in [3.8, 4) is 0 Å². The van der Waals surface area contributed by atoms with Crippen molar-refractivity contribution >= 4 is 9.84 Å². The Morgan fingerprint density at radius 2 is 2.31 bits per heavy atom. The third-order valence-electron chi connectivity index (χ3n) is 2.02. The zero-order valence-electron chi connectivity index (χ0n) is 7.53. The van der Waals surface area contributed by atoms with Crippen LogP contribution in [-0.4, -0.2) is 19.9 Å². The number of rotatable bonds is 3. The Morgan fingerprint density at radius 3 is 2.85 bits per heavy atom. The molecule has 0 saturated carbocycles. The van der Waals surface area contributed by atoms with Crippen LogP contribution in [0.25, 0.3) is 0 Å². The first kappa shape index (κ1) is 10.4. The third kappa shape index (κ3) is 3.30. The lowest BCUT2D eigenvalue weighted by atomic mass is 10.0. The lowest BCUT2D eigenvalue weighted by Gasteiger charge is -2.12. The summed E-state index contributed by atoms with van der Waals surface area (Å²) in [5.41, 5.74) is 0. The van der Waals surface area contributed by atoms with Crippen molar-refractivity contribution in [1.29, 1.82) is 0 Å². The third-order valence-corrected chi connectivity index (χ3v) is 3.83. The van der Waals surface area contributed by atoms with E-state index in [4.69, 9.17) is 0 Å². The molecular weight excluding hydrogens is 191 g/mol.